The van der Waals surface area contributed by atoms with Gasteiger partial charge in [-0.1, -0.05) is 15.9 Å². The van der Waals surface area contributed by atoms with Crippen molar-refractivity contribution in [1.29, 1.82) is 0 Å². The van der Waals surface area contributed by atoms with Crippen LogP contribution in [0, 0.1) is 3.57 Å². The van der Waals surface area contributed by atoms with E-state index in [1.807, 2.05) is 0 Å². The van der Waals surface area contributed by atoms with Crippen molar-refractivity contribution in [2.75, 3.05) is 20.1 Å². The van der Waals surface area contributed by atoms with Crippen molar-refractivity contribution in [3.05, 3.63) is 31.8 Å². The number of rotatable bonds is 5. The first-order chi connectivity index (χ1) is 8.28. The van der Waals surface area contributed by atoms with Crippen molar-refractivity contribution in [3.8, 4) is 0 Å². The van der Waals surface area contributed by atoms with Gasteiger partial charge in [0.1, 0.15) is 0 Å². The summed E-state index contributed by atoms with van der Waals surface area (Å²) < 4.78 is 2.48. The Balaban J connectivity index is 2.44. The molecule has 0 radical (unpaired) electrons. The van der Waals surface area contributed by atoms with E-state index in [9.17, 15) is 0 Å². The molecule has 0 atom stereocenters. The van der Waals surface area contributed by atoms with Gasteiger partial charge in [-0.05, 0) is 74.2 Å². The maximum atomic E-state index is 3.53. The van der Waals surface area contributed by atoms with Crippen molar-refractivity contribution < 1.29 is 0 Å². The Morgan fingerprint density at radius 2 is 2.00 bits per heavy atom. The molecule has 0 heterocycles. The minimum absolute atomic E-state index is 0.199. The second kappa shape index (κ2) is 7.22. The second-order valence-electron chi connectivity index (χ2n) is 5.65. The van der Waals surface area contributed by atoms with Crippen LogP contribution in [0.1, 0.15) is 26.3 Å². The minimum atomic E-state index is 0.199. The summed E-state index contributed by atoms with van der Waals surface area (Å²) in [5.41, 5.74) is 1.58. The fourth-order valence-electron chi connectivity index (χ4n) is 1.66. The molecule has 1 rings (SSSR count). The fraction of sp³-hybridized carbons (Fsp3) is 0.571. The van der Waals surface area contributed by atoms with E-state index in [0.717, 1.165) is 24.1 Å². The predicted octanol–water partition coefficient (Wildman–Crippen LogP) is 3.87. The first-order valence-electron chi connectivity index (χ1n) is 6.15. The Labute approximate surface area is 133 Å². The van der Waals surface area contributed by atoms with Crippen LogP contribution in [0.3, 0.4) is 0 Å². The predicted molar refractivity (Wildman–Crippen MR) is 90.9 cm³/mol. The summed E-state index contributed by atoms with van der Waals surface area (Å²) in [6.07, 6.45) is 0. The molecule has 0 fully saturated rings. The molecule has 0 aliphatic heterocycles. The first kappa shape index (κ1) is 16.4. The molecule has 0 saturated carbocycles. The third kappa shape index (κ3) is 6.50. The van der Waals surface area contributed by atoms with E-state index in [2.05, 4.69) is 94.8 Å². The summed E-state index contributed by atoms with van der Waals surface area (Å²) >= 11 is 5.93. The van der Waals surface area contributed by atoms with Crippen LogP contribution in [-0.2, 0) is 6.54 Å². The Kier molecular flexibility index (Phi) is 6.58. The maximum absolute atomic E-state index is 3.53. The van der Waals surface area contributed by atoms with Crippen LogP contribution >= 0.6 is 38.5 Å². The number of nitrogens with zero attached hydrogens (tertiary/aromatic N) is 1. The van der Waals surface area contributed by atoms with Crippen LogP contribution in [-0.4, -0.2) is 30.6 Å². The first-order valence-corrected chi connectivity index (χ1v) is 8.02. The molecule has 4 heteroatoms. The highest BCUT2D eigenvalue weighted by molar-refractivity contribution is 14.1. The second-order valence-corrected chi connectivity index (χ2v) is 7.73. The average molecular weight is 425 g/mol. The Morgan fingerprint density at radius 3 is 2.61 bits per heavy atom. The lowest BCUT2D eigenvalue weighted by atomic mass is 10.1. The SMILES string of the molecule is CN(CCNC(C)(C)C)Cc1cc(Br)ccc1I. The topological polar surface area (TPSA) is 15.3 Å². The lowest BCUT2D eigenvalue weighted by Crippen LogP contribution is -2.40. The van der Waals surface area contributed by atoms with E-state index in [0.29, 0.717) is 0 Å². The molecule has 0 amide bonds. The van der Waals surface area contributed by atoms with Crippen LogP contribution in [0.2, 0.25) is 0 Å². The van der Waals surface area contributed by atoms with Gasteiger partial charge in [0.05, 0.1) is 0 Å². The number of hydrogen-bond acceptors (Lipinski definition) is 2. The van der Waals surface area contributed by atoms with Crippen molar-refractivity contribution in [2.24, 2.45) is 0 Å². The molecule has 0 bridgehead atoms. The van der Waals surface area contributed by atoms with Gasteiger partial charge in [-0.2, -0.15) is 0 Å². The lowest BCUT2D eigenvalue weighted by Gasteiger charge is -2.24. The average Bonchev–Trinajstić information content (AvgIpc) is 2.21. The maximum Gasteiger partial charge on any atom is 0.0242 e. The van der Waals surface area contributed by atoms with E-state index >= 15 is 0 Å². The highest BCUT2D eigenvalue weighted by atomic mass is 127. The van der Waals surface area contributed by atoms with Gasteiger partial charge in [0, 0.05) is 33.2 Å². The number of likely N-dealkylation sites (N-methyl/N-ethyl adjacent to an activating group) is 1. The van der Waals surface area contributed by atoms with Crippen molar-refractivity contribution in [1.82, 2.24) is 10.2 Å². The zero-order valence-corrected chi connectivity index (χ0v) is 15.3. The van der Waals surface area contributed by atoms with Gasteiger partial charge in [-0.3, -0.25) is 0 Å². The minimum Gasteiger partial charge on any atom is -0.311 e. The molecule has 102 valence electrons. The van der Waals surface area contributed by atoms with Crippen LogP contribution in [0.25, 0.3) is 0 Å². The lowest BCUT2D eigenvalue weighted by molar-refractivity contribution is 0.303. The molecule has 0 spiro atoms. The summed E-state index contributed by atoms with van der Waals surface area (Å²) in [6, 6.07) is 6.45. The van der Waals surface area contributed by atoms with Crippen molar-refractivity contribution >= 4 is 38.5 Å². The molecule has 0 aromatic heterocycles. The Hall–Kier alpha value is 0.350. The van der Waals surface area contributed by atoms with Crippen LogP contribution in [0.15, 0.2) is 22.7 Å². The quantitative estimate of drug-likeness (QED) is 0.721. The largest absolute Gasteiger partial charge is 0.311 e. The number of halogens is 2. The third-order valence-corrected chi connectivity index (χ3v) is 4.14. The zero-order valence-electron chi connectivity index (χ0n) is 11.6. The molecule has 0 saturated heterocycles. The zero-order chi connectivity index (χ0) is 13.8. The standard InChI is InChI=1S/C14H22BrIN2/c1-14(2,3)17-7-8-18(4)10-11-9-12(15)5-6-13(11)16/h5-6,9,17H,7-8,10H2,1-4H3. The molecule has 1 N–H and O–H groups in total. The normalized spacial score (nSPS) is 12.2. The van der Waals surface area contributed by atoms with Gasteiger partial charge in [0.25, 0.3) is 0 Å². The van der Waals surface area contributed by atoms with Crippen LogP contribution in [0.4, 0.5) is 0 Å². The Bertz CT molecular complexity index is 388. The van der Waals surface area contributed by atoms with Crippen molar-refractivity contribution in [2.45, 2.75) is 32.9 Å². The summed E-state index contributed by atoms with van der Waals surface area (Å²) in [7, 11) is 2.17. The van der Waals surface area contributed by atoms with E-state index in [4.69, 9.17) is 0 Å². The van der Waals surface area contributed by atoms with Crippen LogP contribution < -0.4 is 5.32 Å². The van der Waals surface area contributed by atoms with Crippen LogP contribution in [0.5, 0.6) is 0 Å². The third-order valence-electron chi connectivity index (χ3n) is 2.60. The van der Waals surface area contributed by atoms with Gasteiger partial charge < -0.3 is 10.2 Å². The summed E-state index contributed by atoms with van der Waals surface area (Å²) in [4.78, 5) is 2.35. The van der Waals surface area contributed by atoms with Gasteiger partial charge in [-0.25, -0.2) is 0 Å². The van der Waals surface area contributed by atoms with Gasteiger partial charge in [0.15, 0.2) is 0 Å². The molecule has 0 aliphatic rings. The fourth-order valence-corrected chi connectivity index (χ4v) is 2.57. The molecule has 0 aliphatic carbocycles. The molecule has 1 aromatic rings. The Morgan fingerprint density at radius 1 is 1.33 bits per heavy atom. The van der Waals surface area contributed by atoms with Crippen molar-refractivity contribution in [3.63, 3.8) is 0 Å². The molecule has 18 heavy (non-hydrogen) atoms. The number of hydrogen-bond donors (Lipinski definition) is 1. The van der Waals surface area contributed by atoms with Gasteiger partial charge in [0.2, 0.25) is 0 Å². The summed E-state index contributed by atoms with van der Waals surface area (Å²) in [5, 5.41) is 3.51. The molecular formula is C14H22BrIN2. The molecule has 1 aromatic carbocycles. The van der Waals surface area contributed by atoms with E-state index in [1.165, 1.54) is 9.13 Å². The van der Waals surface area contributed by atoms with E-state index in [-0.39, 0.29) is 5.54 Å². The van der Waals surface area contributed by atoms with Gasteiger partial charge in [-0.15, -0.1) is 0 Å². The number of benzene rings is 1. The molecular weight excluding hydrogens is 403 g/mol. The molecule has 2 nitrogen and oxygen atoms in total. The smallest absolute Gasteiger partial charge is 0.0242 e. The monoisotopic (exact) mass is 424 g/mol. The number of nitrogens with one attached hydrogen (secondary N) is 1. The highest BCUT2D eigenvalue weighted by Crippen LogP contribution is 2.19. The van der Waals surface area contributed by atoms with Gasteiger partial charge >= 0.3 is 0 Å². The summed E-state index contributed by atoms with van der Waals surface area (Å²) in [5.74, 6) is 0. The highest BCUT2D eigenvalue weighted by Gasteiger charge is 2.09. The molecule has 0 unspecified atom stereocenters. The summed E-state index contributed by atoms with van der Waals surface area (Å²) in [6.45, 7) is 9.66. The van der Waals surface area contributed by atoms with E-state index in [1.54, 1.807) is 0 Å². The van der Waals surface area contributed by atoms with E-state index < -0.39 is 0 Å².